The molecule has 3 rings (SSSR count). The van der Waals surface area contributed by atoms with Gasteiger partial charge in [-0.15, -0.1) is 0 Å². The van der Waals surface area contributed by atoms with E-state index >= 15 is 0 Å². The number of aromatic nitrogens is 1. The number of nitrogens with two attached hydrogens (primary N) is 1. The standard InChI is InChI=1S/C15H25N3O2/c1-6-10-13-14(20-15(3,4)19-13)12(18(10)5)9-7-17-8(2)11(9)16/h7,10,12-14,17H,6,16H2,1-5H3. The molecular weight excluding hydrogens is 254 g/mol. The average Bonchev–Trinajstić information content (AvgIpc) is 2.92. The van der Waals surface area contributed by atoms with Gasteiger partial charge in [0.1, 0.15) is 12.2 Å². The fourth-order valence-electron chi connectivity index (χ4n) is 3.75. The largest absolute Gasteiger partial charge is 0.397 e. The van der Waals surface area contributed by atoms with Gasteiger partial charge in [0.05, 0.1) is 11.7 Å². The SMILES string of the molecule is CCC1C2OC(C)(C)OC2C(c2c[nH]c(C)c2N)N1C. The van der Waals surface area contributed by atoms with E-state index in [0.717, 1.165) is 23.4 Å². The van der Waals surface area contributed by atoms with Crippen LogP contribution in [0.4, 0.5) is 5.69 Å². The first-order chi connectivity index (χ1) is 9.35. The van der Waals surface area contributed by atoms with E-state index in [2.05, 4.69) is 23.9 Å². The second-order valence-electron chi connectivity index (χ2n) is 6.43. The third-order valence-electron chi connectivity index (χ3n) is 4.71. The molecule has 0 saturated carbocycles. The quantitative estimate of drug-likeness (QED) is 0.871. The Morgan fingerprint density at radius 1 is 1.35 bits per heavy atom. The van der Waals surface area contributed by atoms with Crippen molar-refractivity contribution in [3.8, 4) is 0 Å². The van der Waals surface area contributed by atoms with Crippen molar-refractivity contribution in [3.05, 3.63) is 17.5 Å². The fourth-order valence-corrected chi connectivity index (χ4v) is 3.75. The van der Waals surface area contributed by atoms with Crippen LogP contribution in [0.1, 0.15) is 44.5 Å². The Kier molecular flexibility index (Phi) is 3.12. The highest BCUT2D eigenvalue weighted by Gasteiger charge is 2.56. The van der Waals surface area contributed by atoms with Crippen LogP contribution in [0.2, 0.25) is 0 Å². The number of nitrogen functional groups attached to an aromatic ring is 1. The van der Waals surface area contributed by atoms with Crippen LogP contribution in [0.25, 0.3) is 0 Å². The van der Waals surface area contributed by atoms with Crippen LogP contribution in [-0.2, 0) is 9.47 Å². The molecule has 2 aliphatic heterocycles. The summed E-state index contributed by atoms with van der Waals surface area (Å²) in [6, 6.07) is 0.512. The topological polar surface area (TPSA) is 63.5 Å². The van der Waals surface area contributed by atoms with E-state index in [1.807, 2.05) is 27.0 Å². The first-order valence-corrected chi connectivity index (χ1v) is 7.36. The molecule has 2 saturated heterocycles. The minimum atomic E-state index is -0.512. The number of nitrogens with zero attached hydrogens (tertiary/aromatic N) is 1. The number of H-pyrrole nitrogens is 1. The van der Waals surface area contributed by atoms with Crippen molar-refractivity contribution in [3.63, 3.8) is 0 Å². The van der Waals surface area contributed by atoms with E-state index in [9.17, 15) is 0 Å². The van der Waals surface area contributed by atoms with Crippen LogP contribution >= 0.6 is 0 Å². The van der Waals surface area contributed by atoms with E-state index in [4.69, 9.17) is 15.2 Å². The molecule has 0 radical (unpaired) electrons. The minimum Gasteiger partial charge on any atom is -0.397 e. The molecule has 3 N–H and O–H groups in total. The second-order valence-corrected chi connectivity index (χ2v) is 6.43. The lowest BCUT2D eigenvalue weighted by Gasteiger charge is -2.30. The Hall–Kier alpha value is -1.04. The molecule has 0 amide bonds. The molecule has 1 aromatic rings. The summed E-state index contributed by atoms with van der Waals surface area (Å²) < 4.78 is 12.3. The summed E-state index contributed by atoms with van der Waals surface area (Å²) in [5, 5.41) is 0. The molecule has 0 spiro atoms. The van der Waals surface area contributed by atoms with Gasteiger partial charge in [-0.3, -0.25) is 4.90 Å². The molecule has 3 heterocycles. The summed E-state index contributed by atoms with van der Waals surface area (Å²) in [6.07, 6.45) is 3.20. The van der Waals surface area contributed by atoms with Gasteiger partial charge in [-0.1, -0.05) is 6.92 Å². The number of aromatic amines is 1. The van der Waals surface area contributed by atoms with Crippen molar-refractivity contribution in [1.29, 1.82) is 0 Å². The Morgan fingerprint density at radius 3 is 2.55 bits per heavy atom. The lowest BCUT2D eigenvalue weighted by atomic mass is 10.0. The van der Waals surface area contributed by atoms with Gasteiger partial charge in [0.25, 0.3) is 0 Å². The highest BCUT2D eigenvalue weighted by Crippen LogP contribution is 2.48. The van der Waals surface area contributed by atoms with E-state index in [0.29, 0.717) is 6.04 Å². The smallest absolute Gasteiger partial charge is 0.163 e. The number of fused-ring (bicyclic) bond motifs is 1. The number of likely N-dealkylation sites (tertiary alicyclic amines) is 1. The summed E-state index contributed by atoms with van der Waals surface area (Å²) in [5.74, 6) is -0.512. The predicted octanol–water partition coefficient (Wildman–Crippen LogP) is 2.19. The molecule has 4 atom stereocenters. The highest BCUT2D eigenvalue weighted by molar-refractivity contribution is 5.53. The lowest BCUT2D eigenvalue weighted by Crippen LogP contribution is -2.36. The number of aryl methyl sites for hydroxylation is 1. The Morgan fingerprint density at radius 2 is 2.00 bits per heavy atom. The zero-order valence-corrected chi connectivity index (χ0v) is 12.9. The van der Waals surface area contributed by atoms with E-state index in [-0.39, 0.29) is 18.2 Å². The minimum absolute atomic E-state index is 0.0393. The summed E-state index contributed by atoms with van der Waals surface area (Å²) in [7, 11) is 2.14. The highest BCUT2D eigenvalue weighted by atomic mass is 16.8. The van der Waals surface area contributed by atoms with Gasteiger partial charge in [-0.2, -0.15) is 0 Å². The number of anilines is 1. The fraction of sp³-hybridized carbons (Fsp3) is 0.733. The number of likely N-dealkylation sites (N-methyl/N-ethyl adjacent to an activating group) is 1. The summed E-state index contributed by atoms with van der Waals surface area (Å²) in [6.45, 7) is 8.17. The first-order valence-electron chi connectivity index (χ1n) is 7.36. The van der Waals surface area contributed by atoms with Crippen LogP contribution in [0.15, 0.2) is 6.20 Å². The van der Waals surface area contributed by atoms with E-state index < -0.39 is 5.79 Å². The van der Waals surface area contributed by atoms with E-state index in [1.165, 1.54) is 0 Å². The van der Waals surface area contributed by atoms with Crippen molar-refractivity contribution >= 4 is 5.69 Å². The van der Waals surface area contributed by atoms with Crippen molar-refractivity contribution in [2.45, 2.75) is 64.2 Å². The number of nitrogens with one attached hydrogen (secondary N) is 1. The van der Waals surface area contributed by atoms with Crippen LogP contribution in [0.3, 0.4) is 0 Å². The average molecular weight is 279 g/mol. The molecule has 0 bridgehead atoms. The van der Waals surface area contributed by atoms with Crippen molar-refractivity contribution in [1.82, 2.24) is 9.88 Å². The maximum absolute atomic E-state index is 6.23. The van der Waals surface area contributed by atoms with Crippen LogP contribution in [0.5, 0.6) is 0 Å². The van der Waals surface area contributed by atoms with Crippen LogP contribution in [-0.4, -0.2) is 41.0 Å². The zero-order valence-electron chi connectivity index (χ0n) is 12.9. The van der Waals surface area contributed by atoms with Gasteiger partial charge in [0, 0.05) is 23.5 Å². The molecule has 4 unspecified atom stereocenters. The molecule has 2 aliphatic rings. The first kappa shape index (κ1) is 13.9. The monoisotopic (exact) mass is 279 g/mol. The number of hydrogen-bond donors (Lipinski definition) is 2. The summed E-state index contributed by atoms with van der Waals surface area (Å²) in [4.78, 5) is 5.57. The predicted molar refractivity (Wildman–Crippen MR) is 78.4 cm³/mol. The van der Waals surface area contributed by atoms with Gasteiger partial charge in [-0.05, 0) is 34.2 Å². The summed E-state index contributed by atoms with van der Waals surface area (Å²) in [5.41, 5.74) is 9.21. The normalized spacial score (nSPS) is 36.5. The van der Waals surface area contributed by atoms with Gasteiger partial charge < -0.3 is 20.2 Å². The molecule has 0 aromatic carbocycles. The third-order valence-corrected chi connectivity index (χ3v) is 4.71. The van der Waals surface area contributed by atoms with Gasteiger partial charge in [0.15, 0.2) is 5.79 Å². The van der Waals surface area contributed by atoms with Crippen LogP contribution < -0.4 is 5.73 Å². The Balaban J connectivity index is 2.00. The molecule has 112 valence electrons. The van der Waals surface area contributed by atoms with Crippen molar-refractivity contribution < 1.29 is 9.47 Å². The molecular formula is C15H25N3O2. The summed E-state index contributed by atoms with van der Waals surface area (Å²) >= 11 is 0. The molecule has 5 nitrogen and oxygen atoms in total. The number of hydrogen-bond acceptors (Lipinski definition) is 4. The van der Waals surface area contributed by atoms with Crippen molar-refractivity contribution in [2.75, 3.05) is 12.8 Å². The Bertz CT molecular complexity index is 511. The zero-order chi connectivity index (χ0) is 14.7. The molecule has 0 aliphatic carbocycles. The van der Waals surface area contributed by atoms with Crippen LogP contribution in [0, 0.1) is 6.92 Å². The maximum Gasteiger partial charge on any atom is 0.163 e. The molecule has 5 heteroatoms. The lowest BCUT2D eigenvalue weighted by molar-refractivity contribution is -0.166. The molecule has 1 aromatic heterocycles. The maximum atomic E-state index is 6.23. The number of ether oxygens (including phenoxy) is 2. The second kappa shape index (κ2) is 4.48. The Labute approximate surface area is 120 Å². The van der Waals surface area contributed by atoms with E-state index in [1.54, 1.807) is 0 Å². The van der Waals surface area contributed by atoms with Gasteiger partial charge in [0.2, 0.25) is 0 Å². The third kappa shape index (κ3) is 1.88. The van der Waals surface area contributed by atoms with Crippen molar-refractivity contribution in [2.24, 2.45) is 0 Å². The van der Waals surface area contributed by atoms with Gasteiger partial charge in [-0.25, -0.2) is 0 Å². The van der Waals surface area contributed by atoms with Gasteiger partial charge >= 0.3 is 0 Å². The number of rotatable bonds is 2. The molecule has 20 heavy (non-hydrogen) atoms. The molecule has 2 fully saturated rings.